The highest BCUT2D eigenvalue weighted by atomic mass is 32.1. The predicted octanol–water partition coefficient (Wildman–Crippen LogP) is 4.88. The molecule has 2 aliphatic carbocycles. The number of rotatable bonds is 6. The molecule has 0 bridgehead atoms. The van der Waals surface area contributed by atoms with E-state index in [1.165, 1.54) is 51.5 Å². The van der Waals surface area contributed by atoms with E-state index in [1.807, 2.05) is 11.3 Å². The molecule has 0 amide bonds. The summed E-state index contributed by atoms with van der Waals surface area (Å²) in [5, 5.41) is 5.99. The largest absolute Gasteiger partial charge is 0.314 e. The second-order valence-electron chi connectivity index (χ2n) is 7.73. The number of aryl methyl sites for hydroxylation is 1. The van der Waals surface area contributed by atoms with Crippen LogP contribution in [-0.2, 0) is 6.42 Å². The van der Waals surface area contributed by atoms with Crippen LogP contribution in [0.5, 0.6) is 0 Å². The second-order valence-corrected chi connectivity index (χ2v) is 8.76. The van der Waals surface area contributed by atoms with E-state index >= 15 is 0 Å². The van der Waals surface area contributed by atoms with Gasteiger partial charge in [0.15, 0.2) is 0 Å². The summed E-state index contributed by atoms with van der Waals surface area (Å²) < 4.78 is 0. The van der Waals surface area contributed by atoms with Crippen molar-refractivity contribution in [2.45, 2.75) is 64.8 Å². The summed E-state index contributed by atoms with van der Waals surface area (Å²) in [5.74, 6) is 1.84. The molecule has 2 saturated carbocycles. The Balaban J connectivity index is 1.55. The van der Waals surface area contributed by atoms with Crippen LogP contribution < -0.4 is 5.32 Å². The molecular weight excluding hydrogens is 262 g/mol. The van der Waals surface area contributed by atoms with Crippen molar-refractivity contribution in [2.24, 2.45) is 17.3 Å². The van der Waals surface area contributed by atoms with Crippen molar-refractivity contribution in [1.29, 1.82) is 0 Å². The Bertz CT molecular complexity index is 403. The third-order valence-corrected chi connectivity index (χ3v) is 6.20. The molecule has 1 aromatic rings. The van der Waals surface area contributed by atoms with Gasteiger partial charge in [0.1, 0.15) is 0 Å². The summed E-state index contributed by atoms with van der Waals surface area (Å²) in [6, 6.07) is 5.36. The van der Waals surface area contributed by atoms with E-state index < -0.39 is 0 Å². The van der Waals surface area contributed by atoms with Crippen molar-refractivity contribution in [3.63, 3.8) is 0 Å². The Morgan fingerprint density at radius 3 is 2.80 bits per heavy atom. The van der Waals surface area contributed by atoms with Crippen LogP contribution in [0.2, 0.25) is 0 Å². The van der Waals surface area contributed by atoms with E-state index in [9.17, 15) is 0 Å². The molecule has 1 N–H and O–H groups in total. The Hall–Kier alpha value is -0.340. The van der Waals surface area contributed by atoms with Crippen LogP contribution in [0.3, 0.4) is 0 Å². The molecular formula is C18H29NS. The molecule has 0 radical (unpaired) electrons. The van der Waals surface area contributed by atoms with Crippen molar-refractivity contribution in [2.75, 3.05) is 6.54 Å². The molecule has 2 aliphatic rings. The molecule has 112 valence electrons. The third kappa shape index (κ3) is 4.08. The van der Waals surface area contributed by atoms with Gasteiger partial charge in [-0.25, -0.2) is 0 Å². The highest BCUT2D eigenvalue weighted by molar-refractivity contribution is 7.09. The first kappa shape index (κ1) is 14.6. The molecule has 2 fully saturated rings. The Morgan fingerprint density at radius 1 is 1.25 bits per heavy atom. The van der Waals surface area contributed by atoms with E-state index in [1.54, 1.807) is 4.88 Å². The summed E-state index contributed by atoms with van der Waals surface area (Å²) in [5.41, 5.74) is 0.566. The number of hydrogen-bond acceptors (Lipinski definition) is 2. The van der Waals surface area contributed by atoms with Crippen LogP contribution in [0.15, 0.2) is 17.5 Å². The molecule has 0 aliphatic heterocycles. The van der Waals surface area contributed by atoms with Gasteiger partial charge in [-0.3, -0.25) is 0 Å². The van der Waals surface area contributed by atoms with E-state index in [2.05, 4.69) is 36.7 Å². The van der Waals surface area contributed by atoms with Gasteiger partial charge in [-0.15, -0.1) is 11.3 Å². The zero-order valence-electron chi connectivity index (χ0n) is 13.0. The molecule has 0 saturated heterocycles. The quantitative estimate of drug-likeness (QED) is 0.788. The first-order valence-corrected chi connectivity index (χ1v) is 9.26. The summed E-state index contributed by atoms with van der Waals surface area (Å²) in [6.07, 6.45) is 9.78. The fourth-order valence-corrected chi connectivity index (χ4v) is 4.51. The van der Waals surface area contributed by atoms with E-state index in [0.717, 1.165) is 17.9 Å². The lowest BCUT2D eigenvalue weighted by atomic mass is 9.66. The Morgan fingerprint density at radius 2 is 2.10 bits per heavy atom. The first-order chi connectivity index (χ1) is 9.62. The fraction of sp³-hybridized carbons (Fsp3) is 0.778. The van der Waals surface area contributed by atoms with E-state index in [4.69, 9.17) is 0 Å². The van der Waals surface area contributed by atoms with Crippen LogP contribution in [0, 0.1) is 17.3 Å². The van der Waals surface area contributed by atoms with Gasteiger partial charge in [0.25, 0.3) is 0 Å². The van der Waals surface area contributed by atoms with Crippen LogP contribution in [0.4, 0.5) is 0 Å². The number of nitrogens with one attached hydrogen (secondary N) is 1. The molecule has 0 aromatic carbocycles. The van der Waals surface area contributed by atoms with Crippen LogP contribution >= 0.6 is 11.3 Å². The maximum Gasteiger partial charge on any atom is 0.00683 e. The standard InChI is InChI=1S/C18H29NS/c1-18(2)10-9-15(13-19-16-6-7-16)14(12-18)5-8-17-4-3-11-20-17/h3-4,11,14-16,19H,5-10,12-13H2,1-2H3. The number of hydrogen-bond donors (Lipinski definition) is 1. The smallest absolute Gasteiger partial charge is 0.00683 e. The fourth-order valence-electron chi connectivity index (χ4n) is 3.78. The molecule has 1 heterocycles. The lowest BCUT2D eigenvalue weighted by Crippen LogP contribution is -2.36. The molecule has 2 unspecified atom stereocenters. The van der Waals surface area contributed by atoms with Gasteiger partial charge < -0.3 is 5.32 Å². The normalized spacial score (nSPS) is 29.5. The third-order valence-electron chi connectivity index (χ3n) is 5.26. The average molecular weight is 292 g/mol. The lowest BCUT2D eigenvalue weighted by Gasteiger charge is -2.41. The minimum absolute atomic E-state index is 0.566. The highest BCUT2D eigenvalue weighted by Gasteiger charge is 2.35. The summed E-state index contributed by atoms with van der Waals surface area (Å²) >= 11 is 1.93. The number of thiophene rings is 1. The SMILES string of the molecule is CC1(C)CCC(CNC2CC2)C(CCc2cccs2)C1. The Kier molecular flexibility index (Phi) is 4.52. The molecule has 1 aromatic heterocycles. The van der Waals surface area contributed by atoms with Gasteiger partial charge in [-0.05, 0) is 80.2 Å². The van der Waals surface area contributed by atoms with Crippen LogP contribution in [0.1, 0.15) is 57.2 Å². The van der Waals surface area contributed by atoms with E-state index in [0.29, 0.717) is 5.41 Å². The maximum atomic E-state index is 3.78. The zero-order chi connectivity index (χ0) is 14.0. The van der Waals surface area contributed by atoms with Gasteiger partial charge in [0.05, 0.1) is 0 Å². The minimum atomic E-state index is 0.566. The van der Waals surface area contributed by atoms with Gasteiger partial charge in [-0.2, -0.15) is 0 Å². The molecule has 3 rings (SSSR count). The average Bonchev–Trinajstić information content (AvgIpc) is 3.09. The van der Waals surface area contributed by atoms with Crippen LogP contribution in [0.25, 0.3) is 0 Å². The van der Waals surface area contributed by atoms with Gasteiger partial charge in [0.2, 0.25) is 0 Å². The summed E-state index contributed by atoms with van der Waals surface area (Å²) in [4.78, 5) is 1.57. The predicted molar refractivity (Wildman–Crippen MR) is 88.3 cm³/mol. The molecule has 0 spiro atoms. The topological polar surface area (TPSA) is 12.0 Å². The molecule has 2 atom stereocenters. The van der Waals surface area contributed by atoms with Crippen molar-refractivity contribution >= 4 is 11.3 Å². The van der Waals surface area contributed by atoms with Gasteiger partial charge in [-0.1, -0.05) is 19.9 Å². The Labute approximate surface area is 128 Å². The molecule has 1 nitrogen and oxygen atoms in total. The monoisotopic (exact) mass is 291 g/mol. The zero-order valence-corrected chi connectivity index (χ0v) is 13.8. The van der Waals surface area contributed by atoms with Gasteiger partial charge in [0, 0.05) is 10.9 Å². The minimum Gasteiger partial charge on any atom is -0.314 e. The van der Waals surface area contributed by atoms with Gasteiger partial charge >= 0.3 is 0 Å². The van der Waals surface area contributed by atoms with Crippen molar-refractivity contribution in [3.05, 3.63) is 22.4 Å². The van der Waals surface area contributed by atoms with Crippen molar-refractivity contribution in [1.82, 2.24) is 5.32 Å². The first-order valence-electron chi connectivity index (χ1n) is 8.38. The van der Waals surface area contributed by atoms with Crippen molar-refractivity contribution in [3.8, 4) is 0 Å². The van der Waals surface area contributed by atoms with Crippen LogP contribution in [-0.4, -0.2) is 12.6 Å². The maximum absolute atomic E-state index is 3.78. The lowest BCUT2D eigenvalue weighted by molar-refractivity contribution is 0.110. The summed E-state index contributed by atoms with van der Waals surface area (Å²) in [7, 11) is 0. The second kappa shape index (κ2) is 6.19. The molecule has 2 heteroatoms. The van der Waals surface area contributed by atoms with Crippen molar-refractivity contribution < 1.29 is 0 Å². The highest BCUT2D eigenvalue weighted by Crippen LogP contribution is 2.43. The molecule has 20 heavy (non-hydrogen) atoms. The van der Waals surface area contributed by atoms with E-state index in [-0.39, 0.29) is 0 Å². The summed E-state index contributed by atoms with van der Waals surface area (Å²) in [6.45, 7) is 6.21.